The lowest BCUT2D eigenvalue weighted by molar-refractivity contribution is 0.0690. The Hall–Kier alpha value is -1.76. The minimum absolute atomic E-state index is 0.0311. The van der Waals surface area contributed by atoms with E-state index in [0.717, 1.165) is 0 Å². The predicted octanol–water partition coefficient (Wildman–Crippen LogP) is 0.277. The summed E-state index contributed by atoms with van der Waals surface area (Å²) < 4.78 is 11.0. The smallest absolute Gasteiger partial charge is 0.354 e. The van der Waals surface area contributed by atoms with Gasteiger partial charge in [0.2, 0.25) is 0 Å². The predicted molar refractivity (Wildman–Crippen MR) is 67.1 cm³/mol. The number of nitrogens with zero attached hydrogens (tertiary/aromatic N) is 1. The highest BCUT2D eigenvalue weighted by atomic mass is 32.2. The SMILES string of the molecule is CC(CS(C)=O)NC(=O)c1cccc(C(=O)O)n1. The quantitative estimate of drug-likeness (QED) is 0.801. The van der Waals surface area contributed by atoms with E-state index >= 15 is 0 Å². The van der Waals surface area contributed by atoms with Gasteiger partial charge < -0.3 is 10.4 Å². The largest absolute Gasteiger partial charge is 0.477 e. The first-order chi connectivity index (χ1) is 8.40. The van der Waals surface area contributed by atoms with Crippen molar-refractivity contribution in [1.82, 2.24) is 10.3 Å². The number of carbonyl (C=O) groups is 2. The molecule has 2 N–H and O–H groups in total. The first-order valence-corrected chi connectivity index (χ1v) is 6.94. The van der Waals surface area contributed by atoms with Crippen LogP contribution in [0.4, 0.5) is 0 Å². The lowest BCUT2D eigenvalue weighted by Gasteiger charge is -2.11. The molecule has 0 spiro atoms. The van der Waals surface area contributed by atoms with E-state index in [9.17, 15) is 13.8 Å². The molecule has 2 atom stereocenters. The summed E-state index contributed by atoms with van der Waals surface area (Å²) in [6.07, 6.45) is 1.55. The second-order valence-corrected chi connectivity index (χ2v) is 5.31. The van der Waals surface area contributed by atoms with Gasteiger partial charge in [-0.05, 0) is 19.1 Å². The molecule has 18 heavy (non-hydrogen) atoms. The molecule has 0 radical (unpaired) electrons. The van der Waals surface area contributed by atoms with Crippen molar-refractivity contribution in [2.75, 3.05) is 12.0 Å². The highest BCUT2D eigenvalue weighted by Crippen LogP contribution is 2.00. The summed E-state index contributed by atoms with van der Waals surface area (Å²) in [4.78, 5) is 26.2. The number of aromatic nitrogens is 1. The van der Waals surface area contributed by atoms with E-state index in [-0.39, 0.29) is 17.4 Å². The average molecular weight is 270 g/mol. The third kappa shape index (κ3) is 4.25. The third-order valence-electron chi connectivity index (χ3n) is 2.06. The van der Waals surface area contributed by atoms with Crippen LogP contribution in [-0.4, -0.2) is 44.2 Å². The Morgan fingerprint density at radius 1 is 1.44 bits per heavy atom. The summed E-state index contributed by atoms with van der Waals surface area (Å²) in [6.45, 7) is 1.72. The zero-order valence-corrected chi connectivity index (χ0v) is 10.9. The molecule has 6 nitrogen and oxygen atoms in total. The van der Waals surface area contributed by atoms with Crippen LogP contribution in [0.15, 0.2) is 18.2 Å². The van der Waals surface area contributed by atoms with Gasteiger partial charge in [-0.3, -0.25) is 9.00 Å². The molecule has 2 unspecified atom stereocenters. The standard InChI is InChI=1S/C11H14N2O4S/c1-7(6-18(2)17)12-10(14)8-4-3-5-9(13-8)11(15)16/h3-5,7H,6H2,1-2H3,(H,12,14)(H,15,16). The van der Waals surface area contributed by atoms with Crippen molar-refractivity contribution in [1.29, 1.82) is 0 Å². The molecule has 1 aromatic heterocycles. The van der Waals surface area contributed by atoms with E-state index < -0.39 is 22.7 Å². The van der Waals surface area contributed by atoms with Gasteiger partial charge in [-0.1, -0.05) is 6.07 Å². The molecule has 0 saturated heterocycles. The molecule has 0 saturated carbocycles. The number of aromatic carboxylic acids is 1. The maximum absolute atomic E-state index is 11.7. The van der Waals surface area contributed by atoms with Gasteiger partial charge in [-0.25, -0.2) is 9.78 Å². The summed E-state index contributed by atoms with van der Waals surface area (Å²) in [7, 11) is -1.01. The van der Waals surface area contributed by atoms with Gasteiger partial charge in [0.1, 0.15) is 11.4 Å². The molecular weight excluding hydrogens is 256 g/mol. The Balaban J connectivity index is 2.75. The molecule has 0 aromatic carbocycles. The fourth-order valence-electron chi connectivity index (χ4n) is 1.37. The maximum atomic E-state index is 11.7. The molecule has 0 aliphatic heterocycles. The number of pyridine rings is 1. The number of carboxylic acids is 1. The third-order valence-corrected chi connectivity index (χ3v) is 3.03. The summed E-state index contributed by atoms with van der Waals surface area (Å²) in [5, 5.41) is 11.4. The monoisotopic (exact) mass is 270 g/mol. The van der Waals surface area contributed by atoms with Crippen LogP contribution in [0.3, 0.4) is 0 Å². The maximum Gasteiger partial charge on any atom is 0.354 e. The van der Waals surface area contributed by atoms with Gasteiger partial charge in [0.25, 0.3) is 5.91 Å². The minimum atomic E-state index is -1.19. The number of amides is 1. The van der Waals surface area contributed by atoms with Crippen LogP contribution in [-0.2, 0) is 10.8 Å². The Bertz CT molecular complexity index is 490. The first kappa shape index (κ1) is 14.3. The molecule has 98 valence electrons. The van der Waals surface area contributed by atoms with Crippen molar-refractivity contribution < 1.29 is 18.9 Å². The van der Waals surface area contributed by atoms with Crippen LogP contribution in [0.5, 0.6) is 0 Å². The number of hydrogen-bond acceptors (Lipinski definition) is 4. The van der Waals surface area contributed by atoms with Crippen molar-refractivity contribution in [3.05, 3.63) is 29.6 Å². The molecule has 1 amide bonds. The van der Waals surface area contributed by atoms with Gasteiger partial charge in [-0.15, -0.1) is 0 Å². The number of rotatable bonds is 5. The molecular formula is C11H14N2O4S. The lowest BCUT2D eigenvalue weighted by Crippen LogP contribution is -2.36. The number of hydrogen-bond donors (Lipinski definition) is 2. The Morgan fingerprint density at radius 3 is 2.61 bits per heavy atom. The molecule has 1 rings (SSSR count). The molecule has 0 aliphatic rings. The minimum Gasteiger partial charge on any atom is -0.477 e. The van der Waals surface area contributed by atoms with E-state index in [2.05, 4.69) is 10.3 Å². The van der Waals surface area contributed by atoms with E-state index in [4.69, 9.17) is 5.11 Å². The highest BCUT2D eigenvalue weighted by molar-refractivity contribution is 7.84. The lowest BCUT2D eigenvalue weighted by atomic mass is 10.2. The normalized spacial score (nSPS) is 13.7. The van der Waals surface area contributed by atoms with Crippen molar-refractivity contribution in [2.24, 2.45) is 0 Å². The van der Waals surface area contributed by atoms with Crippen molar-refractivity contribution in [2.45, 2.75) is 13.0 Å². The number of carbonyl (C=O) groups excluding carboxylic acids is 1. The van der Waals surface area contributed by atoms with Crippen LogP contribution < -0.4 is 5.32 Å². The first-order valence-electron chi connectivity index (χ1n) is 5.21. The van der Waals surface area contributed by atoms with Gasteiger partial charge in [0.15, 0.2) is 0 Å². The molecule has 0 bridgehead atoms. The molecule has 0 fully saturated rings. The fourth-order valence-corrected chi connectivity index (χ4v) is 2.16. The van der Waals surface area contributed by atoms with E-state index in [1.807, 2.05) is 0 Å². The van der Waals surface area contributed by atoms with Gasteiger partial charge in [0, 0.05) is 28.9 Å². The molecule has 1 heterocycles. The summed E-state index contributed by atoms with van der Waals surface area (Å²) in [5.41, 5.74) is -0.155. The highest BCUT2D eigenvalue weighted by Gasteiger charge is 2.14. The summed E-state index contributed by atoms with van der Waals surface area (Å²) in [6, 6.07) is 3.92. The average Bonchev–Trinajstić information content (AvgIpc) is 2.27. The molecule has 0 aliphatic carbocycles. The van der Waals surface area contributed by atoms with Gasteiger partial charge >= 0.3 is 5.97 Å². The van der Waals surface area contributed by atoms with Crippen LogP contribution >= 0.6 is 0 Å². The summed E-state index contributed by atoms with van der Waals surface area (Å²) >= 11 is 0. The van der Waals surface area contributed by atoms with Crippen LogP contribution in [0.25, 0.3) is 0 Å². The van der Waals surface area contributed by atoms with E-state index in [1.54, 1.807) is 13.2 Å². The van der Waals surface area contributed by atoms with Crippen LogP contribution in [0.2, 0.25) is 0 Å². The van der Waals surface area contributed by atoms with Crippen molar-refractivity contribution >= 4 is 22.7 Å². The second-order valence-electron chi connectivity index (χ2n) is 3.83. The Labute approximate surface area is 107 Å². The number of carboxylic acid groups (broad SMARTS) is 1. The van der Waals surface area contributed by atoms with Crippen LogP contribution in [0, 0.1) is 0 Å². The topological polar surface area (TPSA) is 96.4 Å². The van der Waals surface area contributed by atoms with E-state index in [0.29, 0.717) is 5.75 Å². The van der Waals surface area contributed by atoms with Crippen molar-refractivity contribution in [3.63, 3.8) is 0 Å². The summed E-state index contributed by atoms with van der Waals surface area (Å²) in [5.74, 6) is -1.33. The zero-order valence-electron chi connectivity index (χ0n) is 10.0. The van der Waals surface area contributed by atoms with Crippen molar-refractivity contribution in [3.8, 4) is 0 Å². The Morgan fingerprint density at radius 2 is 2.06 bits per heavy atom. The number of nitrogens with one attached hydrogen (secondary N) is 1. The van der Waals surface area contributed by atoms with Gasteiger partial charge in [0.05, 0.1) is 0 Å². The zero-order chi connectivity index (χ0) is 13.7. The molecule has 7 heteroatoms. The fraction of sp³-hybridized carbons (Fsp3) is 0.364. The van der Waals surface area contributed by atoms with E-state index in [1.165, 1.54) is 18.2 Å². The van der Waals surface area contributed by atoms with Crippen LogP contribution in [0.1, 0.15) is 27.9 Å². The molecule has 1 aromatic rings. The second kappa shape index (κ2) is 6.25. The van der Waals surface area contributed by atoms with Gasteiger partial charge in [-0.2, -0.15) is 0 Å². The Kier molecular flexibility index (Phi) is 4.96.